The lowest BCUT2D eigenvalue weighted by molar-refractivity contribution is -0.133. The minimum atomic E-state index is -0.0109. The van der Waals surface area contributed by atoms with Crippen LogP contribution in [0.1, 0.15) is 28.8 Å². The molecule has 1 aromatic heterocycles. The SMILES string of the molecule is N#Cc1ccc2c(ccn2CC(=O)N2CCC(C(=O)c3ccccc3)CC2)c1. The Morgan fingerprint density at radius 1 is 1.04 bits per heavy atom. The summed E-state index contributed by atoms with van der Waals surface area (Å²) in [5.74, 6) is 0.230. The Hall–Kier alpha value is -3.39. The summed E-state index contributed by atoms with van der Waals surface area (Å²) in [6.07, 6.45) is 3.30. The number of hydrogen-bond donors (Lipinski definition) is 0. The average molecular weight is 371 g/mol. The lowest BCUT2D eigenvalue weighted by Crippen LogP contribution is -2.41. The molecular weight excluding hydrogens is 350 g/mol. The number of aromatic nitrogens is 1. The summed E-state index contributed by atoms with van der Waals surface area (Å²) < 4.78 is 1.92. The van der Waals surface area contributed by atoms with Crippen molar-refractivity contribution in [2.75, 3.05) is 13.1 Å². The maximum absolute atomic E-state index is 12.7. The van der Waals surface area contributed by atoms with Crippen LogP contribution in [-0.4, -0.2) is 34.2 Å². The molecule has 0 atom stereocenters. The fourth-order valence-corrected chi connectivity index (χ4v) is 3.88. The fraction of sp³-hybridized carbons (Fsp3) is 0.261. The maximum Gasteiger partial charge on any atom is 0.242 e. The van der Waals surface area contributed by atoms with Gasteiger partial charge >= 0.3 is 0 Å². The van der Waals surface area contributed by atoms with Crippen LogP contribution in [0.4, 0.5) is 0 Å². The van der Waals surface area contributed by atoms with Crippen molar-refractivity contribution in [1.82, 2.24) is 9.47 Å². The Bertz CT molecular complexity index is 1050. The number of carbonyl (C=O) groups is 2. The first kappa shape index (κ1) is 18.0. The lowest BCUT2D eigenvalue weighted by Gasteiger charge is -2.31. The molecule has 2 heterocycles. The molecule has 1 aliphatic heterocycles. The lowest BCUT2D eigenvalue weighted by atomic mass is 9.89. The third-order valence-corrected chi connectivity index (χ3v) is 5.48. The van der Waals surface area contributed by atoms with Crippen molar-refractivity contribution < 1.29 is 9.59 Å². The normalized spacial score (nSPS) is 14.8. The number of carbonyl (C=O) groups excluding carboxylic acids is 2. The van der Waals surface area contributed by atoms with Crippen LogP contribution in [0.2, 0.25) is 0 Å². The Labute approximate surface area is 163 Å². The monoisotopic (exact) mass is 371 g/mol. The van der Waals surface area contributed by atoms with E-state index in [0.717, 1.165) is 16.5 Å². The van der Waals surface area contributed by atoms with Gasteiger partial charge in [0, 0.05) is 41.7 Å². The van der Waals surface area contributed by atoms with E-state index in [4.69, 9.17) is 5.26 Å². The summed E-state index contributed by atoms with van der Waals surface area (Å²) >= 11 is 0. The van der Waals surface area contributed by atoms with E-state index in [9.17, 15) is 9.59 Å². The number of likely N-dealkylation sites (tertiary alicyclic amines) is 1. The molecule has 4 rings (SSSR count). The molecule has 0 N–H and O–H groups in total. The fourth-order valence-electron chi connectivity index (χ4n) is 3.88. The van der Waals surface area contributed by atoms with Gasteiger partial charge in [-0.25, -0.2) is 0 Å². The summed E-state index contributed by atoms with van der Waals surface area (Å²) in [5.41, 5.74) is 2.31. The number of benzene rings is 2. The second kappa shape index (κ2) is 7.69. The molecule has 0 unspecified atom stereocenters. The van der Waals surface area contributed by atoms with Gasteiger partial charge in [0.15, 0.2) is 5.78 Å². The number of rotatable bonds is 4. The highest BCUT2D eigenvalue weighted by atomic mass is 16.2. The molecule has 0 bridgehead atoms. The van der Waals surface area contributed by atoms with Crippen LogP contribution in [0.15, 0.2) is 60.8 Å². The summed E-state index contributed by atoms with van der Waals surface area (Å²) in [4.78, 5) is 27.2. The Kier molecular flexibility index (Phi) is 4.94. The molecule has 0 spiro atoms. The number of nitrogens with zero attached hydrogens (tertiary/aromatic N) is 3. The van der Waals surface area contributed by atoms with Gasteiger partial charge in [0.25, 0.3) is 0 Å². The van der Waals surface area contributed by atoms with Crippen molar-refractivity contribution in [2.45, 2.75) is 19.4 Å². The highest BCUT2D eigenvalue weighted by Crippen LogP contribution is 2.23. The molecule has 1 saturated heterocycles. The van der Waals surface area contributed by atoms with E-state index < -0.39 is 0 Å². The van der Waals surface area contributed by atoms with Crippen molar-refractivity contribution in [2.24, 2.45) is 5.92 Å². The first-order chi connectivity index (χ1) is 13.7. The molecule has 1 amide bonds. The van der Waals surface area contributed by atoms with Crippen molar-refractivity contribution in [1.29, 1.82) is 5.26 Å². The summed E-state index contributed by atoms with van der Waals surface area (Å²) in [6, 6.07) is 18.9. The standard InChI is InChI=1S/C23H21N3O2/c24-15-17-6-7-21-20(14-17)10-13-26(21)16-22(27)25-11-8-19(9-12-25)23(28)18-4-2-1-3-5-18/h1-7,10,13-14,19H,8-9,11-12,16H2. The highest BCUT2D eigenvalue weighted by molar-refractivity contribution is 5.98. The molecule has 0 aliphatic carbocycles. The van der Waals surface area contributed by atoms with Gasteiger partial charge in [-0.3, -0.25) is 9.59 Å². The van der Waals surface area contributed by atoms with E-state index in [2.05, 4.69) is 6.07 Å². The van der Waals surface area contributed by atoms with Crippen LogP contribution in [0.25, 0.3) is 10.9 Å². The third-order valence-electron chi connectivity index (χ3n) is 5.48. The van der Waals surface area contributed by atoms with Gasteiger partial charge in [0.2, 0.25) is 5.91 Å². The Balaban J connectivity index is 1.38. The Morgan fingerprint density at radius 2 is 1.79 bits per heavy atom. The summed E-state index contributed by atoms with van der Waals surface area (Å²) in [5, 5.41) is 9.97. The number of fused-ring (bicyclic) bond motifs is 1. The zero-order valence-electron chi connectivity index (χ0n) is 15.5. The number of hydrogen-bond acceptors (Lipinski definition) is 3. The van der Waals surface area contributed by atoms with Crippen LogP contribution in [0, 0.1) is 17.2 Å². The first-order valence-electron chi connectivity index (χ1n) is 9.52. The zero-order chi connectivity index (χ0) is 19.5. The van der Waals surface area contributed by atoms with Crippen molar-refractivity contribution in [3.63, 3.8) is 0 Å². The quantitative estimate of drug-likeness (QED) is 0.658. The molecule has 3 aromatic rings. The number of amides is 1. The van der Waals surface area contributed by atoms with Gasteiger partial charge in [-0.05, 0) is 37.1 Å². The maximum atomic E-state index is 12.7. The van der Waals surface area contributed by atoms with Crippen LogP contribution >= 0.6 is 0 Å². The van der Waals surface area contributed by atoms with E-state index in [1.54, 1.807) is 6.07 Å². The molecule has 0 radical (unpaired) electrons. The van der Waals surface area contributed by atoms with E-state index in [1.165, 1.54) is 0 Å². The van der Waals surface area contributed by atoms with Gasteiger partial charge in [-0.1, -0.05) is 30.3 Å². The van der Waals surface area contributed by atoms with E-state index >= 15 is 0 Å². The van der Waals surface area contributed by atoms with E-state index in [0.29, 0.717) is 31.5 Å². The topological polar surface area (TPSA) is 66.1 Å². The third kappa shape index (κ3) is 3.54. The largest absolute Gasteiger partial charge is 0.341 e. The van der Waals surface area contributed by atoms with Crippen molar-refractivity contribution in [3.8, 4) is 6.07 Å². The second-order valence-electron chi connectivity index (χ2n) is 7.21. The number of piperidine rings is 1. The number of ketones is 1. The van der Waals surface area contributed by atoms with Gasteiger partial charge < -0.3 is 9.47 Å². The van der Waals surface area contributed by atoms with Gasteiger partial charge in [-0.15, -0.1) is 0 Å². The van der Waals surface area contributed by atoms with Crippen LogP contribution < -0.4 is 0 Å². The van der Waals surface area contributed by atoms with Gasteiger partial charge in [-0.2, -0.15) is 5.26 Å². The van der Waals surface area contributed by atoms with Crippen LogP contribution in [0.5, 0.6) is 0 Å². The molecule has 1 aliphatic rings. The smallest absolute Gasteiger partial charge is 0.242 e. The van der Waals surface area contributed by atoms with Crippen LogP contribution in [-0.2, 0) is 11.3 Å². The molecule has 140 valence electrons. The minimum absolute atomic E-state index is 0.0109. The van der Waals surface area contributed by atoms with E-state index in [-0.39, 0.29) is 24.2 Å². The molecule has 5 heteroatoms. The minimum Gasteiger partial charge on any atom is -0.341 e. The highest BCUT2D eigenvalue weighted by Gasteiger charge is 2.28. The average Bonchev–Trinajstić information content (AvgIpc) is 3.15. The zero-order valence-corrected chi connectivity index (χ0v) is 15.5. The van der Waals surface area contributed by atoms with Crippen LogP contribution in [0.3, 0.4) is 0 Å². The van der Waals surface area contributed by atoms with Gasteiger partial charge in [0.05, 0.1) is 11.6 Å². The predicted molar refractivity (Wildman–Crippen MR) is 107 cm³/mol. The summed E-state index contributed by atoms with van der Waals surface area (Å²) in [6.45, 7) is 1.49. The number of nitriles is 1. The molecule has 0 saturated carbocycles. The molecule has 1 fully saturated rings. The predicted octanol–water partition coefficient (Wildman–Crippen LogP) is 3.63. The molecule has 28 heavy (non-hydrogen) atoms. The summed E-state index contributed by atoms with van der Waals surface area (Å²) in [7, 11) is 0. The van der Waals surface area contributed by atoms with Crippen molar-refractivity contribution >= 4 is 22.6 Å². The van der Waals surface area contributed by atoms with Crippen molar-refractivity contribution in [3.05, 3.63) is 71.9 Å². The molecule has 2 aromatic carbocycles. The van der Waals surface area contributed by atoms with Gasteiger partial charge in [0.1, 0.15) is 6.54 Å². The molecular formula is C23H21N3O2. The van der Waals surface area contributed by atoms with E-state index in [1.807, 2.05) is 64.2 Å². The number of Topliss-reactive ketones (excluding diaryl/α,β-unsaturated/α-hetero) is 1. The second-order valence-corrected chi connectivity index (χ2v) is 7.21. The molecule has 5 nitrogen and oxygen atoms in total. The first-order valence-corrected chi connectivity index (χ1v) is 9.52. The Morgan fingerprint density at radius 3 is 2.50 bits per heavy atom.